The standard InChI is InChI=1S/C17H31NO/c1-2-16(8-3-4-9-16)14-18-15-7-12-19-17(13-15)10-5-6-11-17/h15,18H,2-14H2,1H3. The summed E-state index contributed by atoms with van der Waals surface area (Å²) in [5.41, 5.74) is 0.895. The van der Waals surface area contributed by atoms with Gasteiger partial charge in [0.25, 0.3) is 0 Å². The Balaban J connectivity index is 1.52. The van der Waals surface area contributed by atoms with Crippen LogP contribution in [0.25, 0.3) is 0 Å². The van der Waals surface area contributed by atoms with E-state index in [-0.39, 0.29) is 5.60 Å². The van der Waals surface area contributed by atoms with Crippen molar-refractivity contribution in [3.8, 4) is 0 Å². The van der Waals surface area contributed by atoms with Crippen molar-refractivity contribution in [2.24, 2.45) is 5.41 Å². The minimum atomic E-state index is 0.269. The maximum Gasteiger partial charge on any atom is 0.0697 e. The number of ether oxygens (including phenoxy) is 1. The maximum atomic E-state index is 6.14. The molecule has 1 unspecified atom stereocenters. The number of hydrogen-bond donors (Lipinski definition) is 1. The second kappa shape index (κ2) is 5.73. The van der Waals surface area contributed by atoms with Gasteiger partial charge in [-0.2, -0.15) is 0 Å². The fraction of sp³-hybridized carbons (Fsp3) is 1.00. The first kappa shape index (κ1) is 13.9. The third-order valence-electron chi connectivity index (χ3n) is 6.19. The third-order valence-corrected chi connectivity index (χ3v) is 6.19. The summed E-state index contributed by atoms with van der Waals surface area (Å²) in [5, 5.41) is 3.93. The Morgan fingerprint density at radius 1 is 1.05 bits per heavy atom. The molecule has 1 heterocycles. The zero-order chi connectivity index (χ0) is 13.2. The zero-order valence-electron chi connectivity index (χ0n) is 12.7. The lowest BCUT2D eigenvalue weighted by molar-refractivity contribution is -0.0845. The van der Waals surface area contributed by atoms with E-state index >= 15 is 0 Å². The van der Waals surface area contributed by atoms with E-state index in [4.69, 9.17) is 4.74 Å². The molecule has 0 aromatic carbocycles. The van der Waals surface area contributed by atoms with Gasteiger partial charge in [-0.25, -0.2) is 0 Å². The van der Waals surface area contributed by atoms with Crippen LogP contribution in [0.1, 0.15) is 77.6 Å². The fourth-order valence-electron chi connectivity index (χ4n) is 4.71. The Hall–Kier alpha value is -0.0800. The topological polar surface area (TPSA) is 21.3 Å². The predicted octanol–water partition coefficient (Wildman–Crippen LogP) is 4.04. The number of rotatable bonds is 4. The molecule has 0 aromatic rings. The van der Waals surface area contributed by atoms with Crippen LogP contribution in [-0.2, 0) is 4.74 Å². The molecule has 19 heavy (non-hydrogen) atoms. The second-order valence-electron chi connectivity index (χ2n) is 7.37. The van der Waals surface area contributed by atoms with Gasteiger partial charge in [0.05, 0.1) is 5.60 Å². The van der Waals surface area contributed by atoms with Gasteiger partial charge in [-0.1, -0.05) is 32.6 Å². The molecule has 1 aliphatic heterocycles. The highest BCUT2D eigenvalue weighted by atomic mass is 16.5. The number of hydrogen-bond acceptors (Lipinski definition) is 2. The zero-order valence-corrected chi connectivity index (χ0v) is 12.7. The lowest BCUT2D eigenvalue weighted by Gasteiger charge is -2.40. The summed E-state index contributed by atoms with van der Waals surface area (Å²) in [4.78, 5) is 0. The normalized spacial score (nSPS) is 33.0. The van der Waals surface area contributed by atoms with E-state index in [0.717, 1.165) is 12.6 Å². The molecular formula is C17H31NO. The molecule has 1 saturated heterocycles. The van der Waals surface area contributed by atoms with Gasteiger partial charge in [-0.05, 0) is 50.4 Å². The predicted molar refractivity (Wildman–Crippen MR) is 79.4 cm³/mol. The largest absolute Gasteiger partial charge is 0.375 e. The molecule has 2 heteroatoms. The summed E-state index contributed by atoms with van der Waals surface area (Å²) in [6.45, 7) is 4.62. The van der Waals surface area contributed by atoms with E-state index < -0.39 is 0 Å². The Labute approximate surface area is 118 Å². The molecule has 2 nitrogen and oxygen atoms in total. The van der Waals surface area contributed by atoms with Crippen LogP contribution in [0, 0.1) is 5.41 Å². The lowest BCUT2D eigenvalue weighted by Crippen LogP contribution is -2.48. The summed E-state index contributed by atoms with van der Waals surface area (Å²) in [6, 6.07) is 0.718. The van der Waals surface area contributed by atoms with Crippen molar-refractivity contribution >= 4 is 0 Å². The molecule has 110 valence electrons. The summed E-state index contributed by atoms with van der Waals surface area (Å²) < 4.78 is 6.14. The van der Waals surface area contributed by atoms with Crippen LogP contribution in [0.3, 0.4) is 0 Å². The molecule has 1 N–H and O–H groups in total. The maximum absolute atomic E-state index is 6.14. The Bertz CT molecular complexity index is 290. The molecule has 0 aromatic heterocycles. The molecule has 0 amide bonds. The van der Waals surface area contributed by atoms with Crippen molar-refractivity contribution in [3.63, 3.8) is 0 Å². The van der Waals surface area contributed by atoms with Crippen LogP contribution in [-0.4, -0.2) is 24.8 Å². The Morgan fingerprint density at radius 3 is 2.42 bits per heavy atom. The smallest absolute Gasteiger partial charge is 0.0697 e. The highest BCUT2D eigenvalue weighted by Crippen LogP contribution is 2.42. The summed E-state index contributed by atoms with van der Waals surface area (Å²) in [7, 11) is 0. The van der Waals surface area contributed by atoms with Crippen molar-refractivity contribution < 1.29 is 4.74 Å². The van der Waals surface area contributed by atoms with Crippen LogP contribution in [0.15, 0.2) is 0 Å². The van der Waals surface area contributed by atoms with Gasteiger partial charge in [-0.3, -0.25) is 0 Å². The summed E-state index contributed by atoms with van der Waals surface area (Å²) in [5.74, 6) is 0. The minimum absolute atomic E-state index is 0.269. The first-order chi connectivity index (χ1) is 9.26. The highest BCUT2D eigenvalue weighted by molar-refractivity contribution is 4.95. The molecule has 1 atom stereocenters. The van der Waals surface area contributed by atoms with E-state index in [1.54, 1.807) is 0 Å². The minimum Gasteiger partial charge on any atom is -0.375 e. The first-order valence-electron chi connectivity index (χ1n) is 8.63. The molecule has 2 saturated carbocycles. The van der Waals surface area contributed by atoms with Gasteiger partial charge in [0.2, 0.25) is 0 Å². The second-order valence-corrected chi connectivity index (χ2v) is 7.37. The fourth-order valence-corrected chi connectivity index (χ4v) is 4.71. The van der Waals surface area contributed by atoms with Crippen molar-refractivity contribution in [2.75, 3.05) is 13.2 Å². The summed E-state index contributed by atoms with van der Waals surface area (Å²) in [6.07, 6.45) is 15.0. The van der Waals surface area contributed by atoms with E-state index in [1.807, 2.05) is 0 Å². The Kier molecular flexibility index (Phi) is 4.19. The molecule has 3 fully saturated rings. The van der Waals surface area contributed by atoms with E-state index in [1.165, 1.54) is 77.2 Å². The average molecular weight is 265 g/mol. The van der Waals surface area contributed by atoms with Crippen molar-refractivity contribution in [2.45, 2.75) is 89.2 Å². The summed E-state index contributed by atoms with van der Waals surface area (Å²) >= 11 is 0. The van der Waals surface area contributed by atoms with Crippen LogP contribution in [0.5, 0.6) is 0 Å². The van der Waals surface area contributed by atoms with Crippen molar-refractivity contribution in [1.82, 2.24) is 5.32 Å². The highest BCUT2D eigenvalue weighted by Gasteiger charge is 2.40. The van der Waals surface area contributed by atoms with Gasteiger partial charge in [0, 0.05) is 19.2 Å². The van der Waals surface area contributed by atoms with Crippen LogP contribution < -0.4 is 5.32 Å². The van der Waals surface area contributed by atoms with Crippen LogP contribution in [0.4, 0.5) is 0 Å². The molecule has 3 rings (SSSR count). The number of nitrogens with one attached hydrogen (secondary N) is 1. The van der Waals surface area contributed by atoms with Crippen LogP contribution in [0.2, 0.25) is 0 Å². The molecule has 2 aliphatic carbocycles. The molecule has 0 radical (unpaired) electrons. The SMILES string of the molecule is CCC1(CNC2CCOC3(CCCC3)C2)CCCC1. The van der Waals surface area contributed by atoms with Gasteiger partial charge < -0.3 is 10.1 Å². The van der Waals surface area contributed by atoms with Gasteiger partial charge in [0.15, 0.2) is 0 Å². The van der Waals surface area contributed by atoms with Gasteiger partial charge in [0.1, 0.15) is 0 Å². The lowest BCUT2D eigenvalue weighted by atomic mass is 9.82. The van der Waals surface area contributed by atoms with Crippen LogP contribution >= 0.6 is 0 Å². The third kappa shape index (κ3) is 3.00. The monoisotopic (exact) mass is 265 g/mol. The average Bonchev–Trinajstić information content (AvgIpc) is 3.07. The molecule has 1 spiro atoms. The quantitative estimate of drug-likeness (QED) is 0.828. The van der Waals surface area contributed by atoms with E-state index in [0.29, 0.717) is 5.41 Å². The van der Waals surface area contributed by atoms with E-state index in [9.17, 15) is 0 Å². The molecule has 0 bridgehead atoms. The van der Waals surface area contributed by atoms with Crippen molar-refractivity contribution in [3.05, 3.63) is 0 Å². The van der Waals surface area contributed by atoms with Crippen molar-refractivity contribution in [1.29, 1.82) is 0 Å². The van der Waals surface area contributed by atoms with Gasteiger partial charge >= 0.3 is 0 Å². The Morgan fingerprint density at radius 2 is 1.74 bits per heavy atom. The molecule has 3 aliphatic rings. The van der Waals surface area contributed by atoms with Gasteiger partial charge in [-0.15, -0.1) is 0 Å². The van der Waals surface area contributed by atoms with E-state index in [2.05, 4.69) is 12.2 Å². The molecular weight excluding hydrogens is 234 g/mol. The first-order valence-corrected chi connectivity index (χ1v) is 8.63.